The van der Waals surface area contributed by atoms with Crippen LogP contribution in [0.4, 0.5) is 10.5 Å². The summed E-state index contributed by atoms with van der Waals surface area (Å²) >= 11 is 1.18. The van der Waals surface area contributed by atoms with Crippen LogP contribution in [-0.2, 0) is 11.3 Å². The first kappa shape index (κ1) is 23.6. The van der Waals surface area contributed by atoms with Gasteiger partial charge in [-0.15, -0.1) is 0 Å². The van der Waals surface area contributed by atoms with Gasteiger partial charge < -0.3 is 0 Å². The van der Waals surface area contributed by atoms with Gasteiger partial charge in [0.2, 0.25) is 16.1 Å². The van der Waals surface area contributed by atoms with Crippen LogP contribution in [-0.4, -0.2) is 39.5 Å². The van der Waals surface area contributed by atoms with Gasteiger partial charge in [0, 0.05) is 37.4 Å². The second-order valence-electron chi connectivity index (χ2n) is 9.12. The van der Waals surface area contributed by atoms with Crippen molar-refractivity contribution in [1.82, 2.24) is 14.5 Å². The molecule has 1 saturated heterocycles. The van der Waals surface area contributed by atoms with Crippen LogP contribution in [0.5, 0.6) is 0 Å². The zero-order valence-corrected chi connectivity index (χ0v) is 21.3. The van der Waals surface area contributed by atoms with Crippen molar-refractivity contribution in [3.05, 3.63) is 131 Å². The third kappa shape index (κ3) is 3.08. The van der Waals surface area contributed by atoms with Crippen molar-refractivity contribution in [2.45, 2.75) is 11.3 Å². The topological polar surface area (TPSA) is 113 Å². The number of aromatic nitrogens is 1. The van der Waals surface area contributed by atoms with Crippen LogP contribution in [0.25, 0.3) is 6.08 Å². The average Bonchev–Trinajstić information content (AvgIpc) is 3.33. The van der Waals surface area contributed by atoms with Crippen LogP contribution in [0, 0.1) is 10.1 Å². The van der Waals surface area contributed by atoms with Gasteiger partial charge in [0.15, 0.2) is 0 Å². The number of thiazole rings is 1. The molecule has 190 valence electrons. The Bertz CT molecular complexity index is 1750. The van der Waals surface area contributed by atoms with Gasteiger partial charge in [-0.05, 0) is 23.8 Å². The van der Waals surface area contributed by atoms with Crippen LogP contribution in [0.3, 0.4) is 0 Å². The number of benzene rings is 3. The number of nitro benzene ring substituents is 1. The summed E-state index contributed by atoms with van der Waals surface area (Å²) in [6.07, 6.45) is 1.68. The lowest BCUT2D eigenvalue weighted by Crippen LogP contribution is -2.67. The predicted octanol–water partition coefficient (Wildman–Crippen LogP) is 2.53. The fourth-order valence-corrected chi connectivity index (χ4v) is 6.33. The first-order chi connectivity index (χ1) is 18.3. The van der Waals surface area contributed by atoms with E-state index in [1.165, 1.54) is 28.1 Å². The largest absolute Gasteiger partial charge is 0.324 e. The summed E-state index contributed by atoms with van der Waals surface area (Å²) in [5.74, 6) is 0. The summed E-state index contributed by atoms with van der Waals surface area (Å²) in [4.78, 5) is 46.6. The molecule has 0 radical (unpaired) electrons. The summed E-state index contributed by atoms with van der Waals surface area (Å²) in [7, 11) is 3.42. The highest BCUT2D eigenvalue weighted by Gasteiger charge is 2.69. The lowest BCUT2D eigenvalue weighted by atomic mass is 9.80. The number of carbonyl (C=O) groups is 1. The second-order valence-corrected chi connectivity index (χ2v) is 10.1. The molecule has 2 atom stereocenters. The monoisotopic (exact) mass is 526 g/mol. The van der Waals surface area contributed by atoms with Gasteiger partial charge in [0.05, 0.1) is 9.46 Å². The van der Waals surface area contributed by atoms with Crippen LogP contribution in [0.1, 0.15) is 16.7 Å². The van der Waals surface area contributed by atoms with Crippen molar-refractivity contribution in [3.8, 4) is 0 Å². The maximum absolute atomic E-state index is 13.7. The van der Waals surface area contributed by atoms with E-state index in [0.29, 0.717) is 14.9 Å². The molecule has 38 heavy (non-hydrogen) atoms. The number of nitrogens with one attached hydrogen (secondary N) is 1. The Morgan fingerprint density at radius 1 is 0.895 bits per heavy atom. The van der Waals surface area contributed by atoms with E-state index in [2.05, 4.69) is 5.43 Å². The molecule has 0 aliphatic carbocycles. The highest BCUT2D eigenvalue weighted by atomic mass is 32.1. The van der Waals surface area contributed by atoms with Crippen molar-refractivity contribution in [2.75, 3.05) is 19.5 Å². The molecular weight excluding hydrogens is 504 g/mol. The molecule has 1 N–H and O–H groups in total. The second kappa shape index (κ2) is 8.38. The Morgan fingerprint density at radius 2 is 1.50 bits per heavy atom. The molecule has 4 aromatic rings. The fourth-order valence-electron chi connectivity index (χ4n) is 5.36. The Hall–Kier alpha value is -4.77. The summed E-state index contributed by atoms with van der Waals surface area (Å²) in [6, 6.07) is 24.8. The standard InChI is InChI=1S/C27H22N6O4S/c1-30-25(35)31(2)27(20-11-7-4-8-12-20)26(30,19-9-5-3-6-10-19)28-24-32(29-27)23(34)22(38-24)17-18-13-15-21(16-14-18)33(36)37/h3-17,29H,1-2H3. The summed E-state index contributed by atoms with van der Waals surface area (Å²) in [5, 5.41) is 11.0. The zero-order valence-electron chi connectivity index (χ0n) is 20.4. The van der Waals surface area contributed by atoms with Crippen molar-refractivity contribution >= 4 is 29.1 Å². The molecule has 2 aliphatic rings. The average molecular weight is 527 g/mol. The Labute approximate surface area is 220 Å². The number of likely N-dealkylation sites (N-methyl/N-ethyl adjacent to an activating group) is 2. The number of carbonyl (C=O) groups excluding carboxylic acids is 1. The molecule has 2 amide bonds. The molecule has 2 aliphatic heterocycles. The number of urea groups is 1. The zero-order chi connectivity index (χ0) is 26.7. The van der Waals surface area contributed by atoms with Gasteiger partial charge in [0.25, 0.3) is 11.2 Å². The smallest absolute Gasteiger partial charge is 0.295 e. The molecule has 2 unspecified atom stereocenters. The van der Waals surface area contributed by atoms with E-state index in [0.717, 1.165) is 11.1 Å². The third-order valence-corrected chi connectivity index (χ3v) is 8.14. The number of nitrogens with zero attached hydrogens (tertiary/aromatic N) is 5. The molecule has 11 heteroatoms. The minimum atomic E-state index is -1.25. The summed E-state index contributed by atoms with van der Waals surface area (Å²) in [5.41, 5.74) is 2.76. The highest BCUT2D eigenvalue weighted by molar-refractivity contribution is 7.07. The lowest BCUT2D eigenvalue weighted by Gasteiger charge is -2.49. The van der Waals surface area contributed by atoms with Crippen LogP contribution >= 0.6 is 11.3 Å². The van der Waals surface area contributed by atoms with Crippen LogP contribution in [0.2, 0.25) is 0 Å². The van der Waals surface area contributed by atoms with Gasteiger partial charge in [-0.2, -0.15) is 4.68 Å². The van der Waals surface area contributed by atoms with Gasteiger partial charge >= 0.3 is 6.03 Å². The third-order valence-electron chi connectivity index (χ3n) is 7.17. The van der Waals surface area contributed by atoms with Gasteiger partial charge in [-0.3, -0.25) is 30.1 Å². The molecule has 0 spiro atoms. The minimum Gasteiger partial charge on any atom is -0.295 e. The number of hydrogen-bond donors (Lipinski definition) is 1. The summed E-state index contributed by atoms with van der Waals surface area (Å²) in [6.45, 7) is 0. The molecule has 1 aromatic heterocycles. The lowest BCUT2D eigenvalue weighted by molar-refractivity contribution is -0.384. The van der Waals surface area contributed by atoms with Crippen LogP contribution < -0.4 is 20.3 Å². The van der Waals surface area contributed by atoms with Crippen molar-refractivity contribution < 1.29 is 9.72 Å². The Balaban J connectivity index is 1.65. The van der Waals surface area contributed by atoms with E-state index >= 15 is 0 Å². The number of hydrogen-bond acceptors (Lipinski definition) is 7. The predicted molar refractivity (Wildman–Crippen MR) is 143 cm³/mol. The highest BCUT2D eigenvalue weighted by Crippen LogP contribution is 2.53. The van der Waals surface area contributed by atoms with Crippen molar-refractivity contribution in [2.24, 2.45) is 4.99 Å². The quantitative estimate of drug-likeness (QED) is 0.324. The first-order valence-corrected chi connectivity index (χ1v) is 12.6. The van der Waals surface area contributed by atoms with E-state index in [1.54, 1.807) is 42.1 Å². The molecule has 3 aromatic carbocycles. The maximum Gasteiger partial charge on any atom is 0.324 e. The molecule has 1 fully saturated rings. The number of non-ortho nitro benzene ring substituents is 1. The summed E-state index contributed by atoms with van der Waals surface area (Å²) < 4.78 is 1.78. The van der Waals surface area contributed by atoms with E-state index in [1.807, 2.05) is 60.7 Å². The molecule has 6 rings (SSSR count). The minimum absolute atomic E-state index is 0.0285. The Kier molecular flexibility index (Phi) is 5.21. The van der Waals surface area contributed by atoms with E-state index < -0.39 is 16.2 Å². The van der Waals surface area contributed by atoms with Gasteiger partial charge in [-0.1, -0.05) is 72.0 Å². The van der Waals surface area contributed by atoms with E-state index in [-0.39, 0.29) is 17.3 Å². The Morgan fingerprint density at radius 3 is 2.11 bits per heavy atom. The maximum atomic E-state index is 13.7. The van der Waals surface area contributed by atoms with Gasteiger partial charge in [0.1, 0.15) is 0 Å². The normalized spacial score (nSPS) is 22.5. The van der Waals surface area contributed by atoms with E-state index in [9.17, 15) is 19.7 Å². The van der Waals surface area contributed by atoms with Crippen molar-refractivity contribution in [1.29, 1.82) is 0 Å². The van der Waals surface area contributed by atoms with Crippen molar-refractivity contribution in [3.63, 3.8) is 0 Å². The molecule has 10 nitrogen and oxygen atoms in total. The molecular formula is C27H22N6O4S. The molecule has 0 bridgehead atoms. The molecule has 3 heterocycles. The van der Waals surface area contributed by atoms with E-state index in [4.69, 9.17) is 4.99 Å². The van der Waals surface area contributed by atoms with Gasteiger partial charge in [-0.25, -0.2) is 9.79 Å². The number of nitro groups is 1. The fraction of sp³-hybridized carbons (Fsp3) is 0.148. The number of rotatable bonds is 4. The van der Waals surface area contributed by atoms with Crippen LogP contribution in [0.15, 0.2) is 94.7 Å². The first-order valence-electron chi connectivity index (χ1n) is 11.8. The molecule has 0 saturated carbocycles. The number of fused-ring (bicyclic) bond motifs is 2. The number of amides is 2. The SMILES string of the molecule is CN1C(=O)N(C)C2(c3ccccc3)Nn3c(sc(=Cc4ccc([N+](=O)[O-])cc4)c3=O)=NC12c1ccccc1.